The number of benzene rings is 3. The van der Waals surface area contributed by atoms with Crippen LogP contribution in [0, 0.1) is 0 Å². The molecule has 5 rings (SSSR count). The van der Waals surface area contributed by atoms with Gasteiger partial charge in [-0.15, -0.1) is 11.8 Å². The van der Waals surface area contributed by atoms with E-state index in [0.29, 0.717) is 18.7 Å². The van der Waals surface area contributed by atoms with Crippen LogP contribution in [0.15, 0.2) is 65.6 Å². The normalized spacial score (nSPS) is 14.6. The molecule has 2 aliphatic heterocycles. The van der Waals surface area contributed by atoms with E-state index in [1.807, 2.05) is 30.3 Å². The number of carbonyl (C=O) groups is 1. The number of hydrogen-bond donors (Lipinski definition) is 1. The molecule has 1 N–H and O–H groups in total. The van der Waals surface area contributed by atoms with Crippen LogP contribution in [0.3, 0.4) is 0 Å². The fourth-order valence-corrected chi connectivity index (χ4v) is 4.62. The van der Waals surface area contributed by atoms with Crippen LogP contribution in [0.5, 0.6) is 11.5 Å². The summed E-state index contributed by atoms with van der Waals surface area (Å²) in [5.74, 6) is 1.59. The molecule has 0 atom stereocenters. The Morgan fingerprint density at radius 1 is 1.03 bits per heavy atom. The molecular weight excluding hydrogens is 420 g/mol. The average Bonchev–Trinajstić information content (AvgIpc) is 3.23. The SMILES string of the molecule is CSc1ccc(CNC(=O)c2ccc3c(c2)OCCCN3c2cccc3c2OCC3)cc1. The van der Waals surface area contributed by atoms with Crippen molar-refractivity contribution in [3.05, 3.63) is 77.4 Å². The van der Waals surface area contributed by atoms with Gasteiger partial charge in [0, 0.05) is 30.0 Å². The van der Waals surface area contributed by atoms with E-state index in [2.05, 4.69) is 46.8 Å². The number of ether oxygens (including phenoxy) is 2. The van der Waals surface area contributed by atoms with Gasteiger partial charge < -0.3 is 19.7 Å². The van der Waals surface area contributed by atoms with E-state index in [4.69, 9.17) is 9.47 Å². The number of anilines is 2. The molecule has 6 heteroatoms. The fraction of sp³-hybridized carbons (Fsp3) is 0.269. The molecule has 3 aromatic rings. The summed E-state index contributed by atoms with van der Waals surface area (Å²) in [6.07, 6.45) is 3.89. The minimum Gasteiger partial charge on any atom is -0.491 e. The van der Waals surface area contributed by atoms with Crippen LogP contribution in [0.4, 0.5) is 11.4 Å². The summed E-state index contributed by atoms with van der Waals surface area (Å²) in [5.41, 5.74) is 4.95. The maximum absolute atomic E-state index is 12.8. The average molecular weight is 447 g/mol. The van der Waals surface area contributed by atoms with Crippen molar-refractivity contribution >= 4 is 29.0 Å². The summed E-state index contributed by atoms with van der Waals surface area (Å²) in [6.45, 7) is 2.67. The van der Waals surface area contributed by atoms with Crippen LogP contribution in [-0.4, -0.2) is 31.9 Å². The van der Waals surface area contributed by atoms with Gasteiger partial charge in [0.25, 0.3) is 5.91 Å². The standard InChI is InChI=1S/C26H26N2O3S/c1-32-21-9-6-18(7-10-21)17-27-26(29)20-8-11-22-24(16-20)30-14-3-13-28(22)23-5-2-4-19-12-15-31-25(19)23/h2,4-11,16H,3,12-15,17H2,1H3,(H,27,29). The number of para-hydroxylation sites is 1. The molecule has 0 aromatic heterocycles. The van der Waals surface area contributed by atoms with Crippen LogP contribution in [0.1, 0.15) is 27.9 Å². The maximum Gasteiger partial charge on any atom is 0.251 e. The molecule has 2 heterocycles. The van der Waals surface area contributed by atoms with E-state index in [-0.39, 0.29) is 5.91 Å². The quantitative estimate of drug-likeness (QED) is 0.547. The van der Waals surface area contributed by atoms with Gasteiger partial charge in [0.2, 0.25) is 0 Å². The van der Waals surface area contributed by atoms with Gasteiger partial charge in [-0.25, -0.2) is 0 Å². The zero-order chi connectivity index (χ0) is 21.9. The highest BCUT2D eigenvalue weighted by Gasteiger charge is 2.25. The smallest absolute Gasteiger partial charge is 0.251 e. The van der Waals surface area contributed by atoms with Crippen LogP contribution < -0.4 is 19.7 Å². The molecule has 0 unspecified atom stereocenters. The predicted molar refractivity (Wildman–Crippen MR) is 129 cm³/mol. The van der Waals surface area contributed by atoms with E-state index in [1.165, 1.54) is 10.5 Å². The van der Waals surface area contributed by atoms with Crippen molar-refractivity contribution in [3.8, 4) is 11.5 Å². The molecule has 0 saturated heterocycles. The molecule has 5 nitrogen and oxygen atoms in total. The lowest BCUT2D eigenvalue weighted by Crippen LogP contribution is -2.23. The minimum atomic E-state index is -0.106. The van der Waals surface area contributed by atoms with E-state index in [0.717, 1.165) is 54.4 Å². The number of fused-ring (bicyclic) bond motifs is 2. The number of hydrogen-bond acceptors (Lipinski definition) is 5. The van der Waals surface area contributed by atoms with E-state index in [1.54, 1.807) is 11.8 Å². The van der Waals surface area contributed by atoms with Crippen molar-refractivity contribution < 1.29 is 14.3 Å². The monoisotopic (exact) mass is 446 g/mol. The van der Waals surface area contributed by atoms with Crippen molar-refractivity contribution in [2.24, 2.45) is 0 Å². The van der Waals surface area contributed by atoms with Crippen molar-refractivity contribution in [2.45, 2.75) is 24.3 Å². The van der Waals surface area contributed by atoms with E-state index < -0.39 is 0 Å². The Balaban J connectivity index is 1.36. The molecule has 164 valence electrons. The Morgan fingerprint density at radius 3 is 2.75 bits per heavy atom. The molecule has 0 spiro atoms. The number of carbonyl (C=O) groups excluding carboxylic acids is 1. The summed E-state index contributed by atoms with van der Waals surface area (Å²) in [5, 5.41) is 3.02. The van der Waals surface area contributed by atoms with Crippen molar-refractivity contribution in [1.82, 2.24) is 5.32 Å². The molecule has 0 fully saturated rings. The van der Waals surface area contributed by atoms with Gasteiger partial charge in [0.05, 0.1) is 24.6 Å². The molecule has 32 heavy (non-hydrogen) atoms. The second-order valence-corrected chi connectivity index (χ2v) is 8.81. The zero-order valence-electron chi connectivity index (χ0n) is 18.1. The third kappa shape index (κ3) is 4.15. The second-order valence-electron chi connectivity index (χ2n) is 7.93. The highest BCUT2D eigenvalue weighted by atomic mass is 32.2. The van der Waals surface area contributed by atoms with Crippen LogP contribution in [-0.2, 0) is 13.0 Å². The lowest BCUT2D eigenvalue weighted by atomic mass is 10.1. The van der Waals surface area contributed by atoms with Crippen molar-refractivity contribution in [2.75, 3.05) is 30.9 Å². The van der Waals surface area contributed by atoms with Crippen molar-refractivity contribution in [3.63, 3.8) is 0 Å². The summed E-state index contributed by atoms with van der Waals surface area (Å²) in [6, 6.07) is 20.3. The van der Waals surface area contributed by atoms with Gasteiger partial charge in [-0.3, -0.25) is 4.79 Å². The molecule has 3 aromatic carbocycles. The largest absolute Gasteiger partial charge is 0.491 e. The highest BCUT2D eigenvalue weighted by Crippen LogP contribution is 2.43. The first kappa shape index (κ1) is 20.8. The zero-order valence-corrected chi connectivity index (χ0v) is 18.9. The third-order valence-electron chi connectivity index (χ3n) is 5.89. The number of thioether (sulfide) groups is 1. The Morgan fingerprint density at radius 2 is 1.91 bits per heavy atom. The van der Waals surface area contributed by atoms with Crippen LogP contribution in [0.25, 0.3) is 0 Å². The minimum absolute atomic E-state index is 0.106. The third-order valence-corrected chi connectivity index (χ3v) is 6.64. The van der Waals surface area contributed by atoms with Gasteiger partial charge in [0.15, 0.2) is 0 Å². The lowest BCUT2D eigenvalue weighted by Gasteiger charge is -2.26. The Bertz CT molecular complexity index is 1130. The summed E-state index contributed by atoms with van der Waals surface area (Å²) in [4.78, 5) is 16.3. The number of rotatable bonds is 5. The van der Waals surface area contributed by atoms with Crippen molar-refractivity contribution in [1.29, 1.82) is 0 Å². The predicted octanol–water partition coefficient (Wildman–Crippen LogP) is 5.19. The number of amides is 1. The Labute approximate surface area is 192 Å². The first-order chi connectivity index (χ1) is 15.7. The molecule has 0 bridgehead atoms. The van der Waals surface area contributed by atoms with Crippen LogP contribution in [0.2, 0.25) is 0 Å². The van der Waals surface area contributed by atoms with Crippen LogP contribution >= 0.6 is 11.8 Å². The second kappa shape index (κ2) is 9.17. The molecular formula is C26H26N2O3S. The molecule has 2 aliphatic rings. The summed E-state index contributed by atoms with van der Waals surface area (Å²) >= 11 is 1.71. The number of nitrogens with one attached hydrogen (secondary N) is 1. The number of nitrogens with zero attached hydrogens (tertiary/aromatic N) is 1. The first-order valence-electron chi connectivity index (χ1n) is 10.9. The summed E-state index contributed by atoms with van der Waals surface area (Å²) < 4.78 is 12.0. The van der Waals surface area contributed by atoms with Gasteiger partial charge in [-0.05, 0) is 60.2 Å². The van der Waals surface area contributed by atoms with Gasteiger partial charge in [0.1, 0.15) is 11.5 Å². The van der Waals surface area contributed by atoms with Gasteiger partial charge in [-0.2, -0.15) is 0 Å². The molecule has 0 aliphatic carbocycles. The Kier molecular flexibility index (Phi) is 5.95. The Hall–Kier alpha value is -3.12. The van der Waals surface area contributed by atoms with Gasteiger partial charge >= 0.3 is 0 Å². The topological polar surface area (TPSA) is 50.8 Å². The fourth-order valence-electron chi connectivity index (χ4n) is 4.21. The molecule has 0 radical (unpaired) electrons. The molecule has 0 saturated carbocycles. The highest BCUT2D eigenvalue weighted by molar-refractivity contribution is 7.98. The van der Waals surface area contributed by atoms with Gasteiger partial charge in [-0.1, -0.05) is 24.3 Å². The molecule has 1 amide bonds. The van der Waals surface area contributed by atoms with E-state index in [9.17, 15) is 4.79 Å². The van der Waals surface area contributed by atoms with E-state index >= 15 is 0 Å². The summed E-state index contributed by atoms with van der Waals surface area (Å²) in [7, 11) is 0. The lowest BCUT2D eigenvalue weighted by molar-refractivity contribution is 0.0950. The first-order valence-corrected chi connectivity index (χ1v) is 12.2. The maximum atomic E-state index is 12.8.